The summed E-state index contributed by atoms with van der Waals surface area (Å²) in [6, 6.07) is 14.9. The van der Waals surface area contributed by atoms with Crippen LogP contribution in [0.2, 0.25) is 10.0 Å². The summed E-state index contributed by atoms with van der Waals surface area (Å²) in [6.07, 6.45) is 3.39. The Hall–Kier alpha value is -3.45. The zero-order chi connectivity index (χ0) is 34.7. The van der Waals surface area contributed by atoms with Crippen molar-refractivity contribution in [2.24, 2.45) is 4.99 Å². The van der Waals surface area contributed by atoms with Gasteiger partial charge >= 0.3 is 12.0 Å². The van der Waals surface area contributed by atoms with E-state index in [9.17, 15) is 8.42 Å². The number of hydrogen-bond donors (Lipinski definition) is 0. The monoisotopic (exact) mass is 716 g/mol. The van der Waals surface area contributed by atoms with Crippen molar-refractivity contribution in [3.05, 3.63) is 81.5 Å². The number of ether oxygens (including phenoxy) is 2. The third-order valence-corrected chi connectivity index (χ3v) is 10.6. The molecule has 48 heavy (non-hydrogen) atoms. The minimum absolute atomic E-state index is 0.134. The summed E-state index contributed by atoms with van der Waals surface area (Å²) in [5.41, 5.74) is 0.0163. The zero-order valence-electron chi connectivity index (χ0n) is 27.9. The molecule has 2 aliphatic rings. The minimum atomic E-state index is -3.04. The Labute approximate surface area is 292 Å². The topological polar surface area (TPSA) is 118 Å². The molecule has 0 aliphatic carbocycles. The number of sulfone groups is 1. The molecular formula is C34H42Cl2N6O5S. The van der Waals surface area contributed by atoms with Crippen molar-refractivity contribution in [3.63, 3.8) is 0 Å². The number of carbonyl (C=O) groups is 1. The van der Waals surface area contributed by atoms with Gasteiger partial charge in [-0.2, -0.15) is 4.98 Å². The maximum atomic E-state index is 15.0. The maximum Gasteiger partial charge on any atom is 0.326 e. The Bertz CT molecular complexity index is 1750. The van der Waals surface area contributed by atoms with Crippen molar-refractivity contribution >= 4 is 44.9 Å². The molecule has 2 aromatic carbocycles. The van der Waals surface area contributed by atoms with Gasteiger partial charge in [0.15, 0.2) is 0 Å². The van der Waals surface area contributed by atoms with Gasteiger partial charge in [-0.05, 0) is 76.1 Å². The number of nitrogens with zero attached hydrogens (tertiary/aromatic N) is 6. The summed E-state index contributed by atoms with van der Waals surface area (Å²) in [5.74, 6) is 0.744. The van der Waals surface area contributed by atoms with E-state index in [1.807, 2.05) is 81.1 Å². The number of aliphatic imine (C=N–C) groups is 1. The summed E-state index contributed by atoms with van der Waals surface area (Å²) in [4.78, 5) is 35.2. The van der Waals surface area contributed by atoms with Crippen molar-refractivity contribution in [1.29, 1.82) is 0 Å². The average molecular weight is 718 g/mol. The molecular weight excluding hydrogens is 675 g/mol. The van der Waals surface area contributed by atoms with Gasteiger partial charge in [0.25, 0.3) is 0 Å². The molecule has 0 N–H and O–H groups in total. The highest BCUT2D eigenvalue weighted by atomic mass is 35.5. The Morgan fingerprint density at radius 1 is 0.896 bits per heavy atom. The van der Waals surface area contributed by atoms with E-state index in [0.717, 1.165) is 11.1 Å². The molecule has 0 unspecified atom stereocenters. The Balaban J connectivity index is 1.63. The van der Waals surface area contributed by atoms with Gasteiger partial charge in [0.05, 0.1) is 24.5 Å². The first kappa shape index (κ1) is 35.8. The lowest BCUT2D eigenvalue weighted by molar-refractivity contribution is 0.0868. The normalized spacial score (nSPS) is 21.7. The number of amides is 2. The predicted octanol–water partition coefficient (Wildman–Crippen LogP) is 5.65. The second-order valence-corrected chi connectivity index (χ2v) is 15.4. The number of hydrogen-bond acceptors (Lipinski definition) is 9. The average Bonchev–Trinajstić information content (AvgIpc) is 3.29. The summed E-state index contributed by atoms with van der Waals surface area (Å²) in [7, 11) is -3.04. The van der Waals surface area contributed by atoms with Crippen LogP contribution < -0.4 is 9.47 Å². The van der Waals surface area contributed by atoms with Crippen LogP contribution in [0, 0.1) is 0 Å². The number of aromatic nitrogens is 2. The summed E-state index contributed by atoms with van der Waals surface area (Å²) < 4.78 is 34.9. The van der Waals surface area contributed by atoms with Crippen LogP contribution in [0.5, 0.6) is 11.9 Å². The molecule has 0 radical (unpaired) electrons. The van der Waals surface area contributed by atoms with Crippen LogP contribution in [0.3, 0.4) is 0 Å². The lowest BCUT2D eigenvalue weighted by Gasteiger charge is -2.47. The molecule has 11 nitrogen and oxygen atoms in total. The van der Waals surface area contributed by atoms with Gasteiger partial charge in [0.2, 0.25) is 5.88 Å². The lowest BCUT2D eigenvalue weighted by atomic mass is 9.71. The number of rotatable bonds is 11. The third kappa shape index (κ3) is 7.27. The van der Waals surface area contributed by atoms with Gasteiger partial charge < -0.3 is 14.4 Å². The number of piperazine rings is 1. The van der Waals surface area contributed by atoms with Crippen LogP contribution in [0.1, 0.15) is 50.8 Å². The predicted molar refractivity (Wildman–Crippen MR) is 188 cm³/mol. The van der Waals surface area contributed by atoms with Crippen molar-refractivity contribution in [3.8, 4) is 11.9 Å². The molecule has 2 amide bonds. The molecule has 0 saturated carbocycles. The standard InChI is InChI=1S/C34H42Cl2N6O5S/c1-6-46-30-28(23-37-31(38-30)47-7-2)29-39-33(3,24-9-13-26(35)14-10-24)34(4,25-11-15-27(36)16-12-25)42(29)32(43)41-20-18-40(19-21-41)17-8-22-48(5,44)45/h9-16,23H,6-8,17-22H2,1-5H3/t33-,34-/m0/s1. The van der Waals surface area contributed by atoms with Crippen LogP contribution in [0.4, 0.5) is 4.79 Å². The number of carbonyl (C=O) groups excluding carboxylic acids is 1. The van der Waals surface area contributed by atoms with E-state index in [1.165, 1.54) is 6.26 Å². The summed E-state index contributed by atoms with van der Waals surface area (Å²) in [6.45, 7) is 11.2. The summed E-state index contributed by atoms with van der Waals surface area (Å²) in [5, 5.41) is 1.15. The molecule has 1 saturated heterocycles. The zero-order valence-corrected chi connectivity index (χ0v) is 30.3. The van der Waals surface area contributed by atoms with Crippen molar-refractivity contribution in [2.45, 2.75) is 45.2 Å². The second kappa shape index (κ2) is 14.6. The smallest absolute Gasteiger partial charge is 0.326 e. The van der Waals surface area contributed by atoms with E-state index in [-0.39, 0.29) is 23.7 Å². The van der Waals surface area contributed by atoms with Crippen LogP contribution in [0.25, 0.3) is 0 Å². The van der Waals surface area contributed by atoms with E-state index in [4.69, 9.17) is 37.7 Å². The quantitative estimate of drug-likeness (QED) is 0.250. The minimum Gasteiger partial charge on any atom is -0.477 e. The number of urea groups is 1. The van der Waals surface area contributed by atoms with Gasteiger partial charge in [-0.1, -0.05) is 47.5 Å². The van der Waals surface area contributed by atoms with Crippen molar-refractivity contribution < 1.29 is 22.7 Å². The van der Waals surface area contributed by atoms with Crippen LogP contribution in [-0.4, -0.2) is 103 Å². The van der Waals surface area contributed by atoms with Crippen molar-refractivity contribution in [2.75, 3.05) is 57.9 Å². The molecule has 0 bridgehead atoms. The fourth-order valence-corrected chi connectivity index (χ4v) is 7.28. The molecule has 3 aromatic rings. The lowest BCUT2D eigenvalue weighted by Crippen LogP contribution is -2.60. The highest BCUT2D eigenvalue weighted by Gasteiger charge is 2.60. The van der Waals surface area contributed by atoms with Gasteiger partial charge in [-0.3, -0.25) is 14.8 Å². The molecule has 0 spiro atoms. The summed E-state index contributed by atoms with van der Waals surface area (Å²) >= 11 is 12.7. The number of amidine groups is 1. The highest BCUT2D eigenvalue weighted by molar-refractivity contribution is 7.90. The number of halogens is 2. The van der Waals surface area contributed by atoms with E-state index < -0.39 is 20.9 Å². The van der Waals surface area contributed by atoms with Crippen molar-refractivity contribution in [1.82, 2.24) is 24.7 Å². The second-order valence-electron chi connectivity index (χ2n) is 12.3. The van der Waals surface area contributed by atoms with Gasteiger partial charge in [-0.25, -0.2) is 18.2 Å². The first-order valence-corrected chi connectivity index (χ1v) is 18.9. The first-order chi connectivity index (χ1) is 22.8. The highest BCUT2D eigenvalue weighted by Crippen LogP contribution is 2.54. The van der Waals surface area contributed by atoms with E-state index >= 15 is 4.79 Å². The molecule has 14 heteroatoms. The number of benzene rings is 2. The first-order valence-electron chi connectivity index (χ1n) is 16.0. The van der Waals surface area contributed by atoms with Crippen LogP contribution in [0.15, 0.2) is 59.7 Å². The largest absolute Gasteiger partial charge is 0.477 e. The SMILES string of the molecule is CCOc1ncc(C2=N[C@@](C)(c3ccc(Cl)cc3)[C@](C)(c3ccc(Cl)cc3)N2C(=O)N2CCN(CCCS(C)(=O)=O)CC2)c(OCC)n1. The molecule has 258 valence electrons. The Morgan fingerprint density at radius 2 is 1.48 bits per heavy atom. The fraction of sp³-hybridized carbons (Fsp3) is 0.471. The molecule has 2 atom stereocenters. The molecule has 1 fully saturated rings. The maximum absolute atomic E-state index is 15.0. The van der Waals surface area contributed by atoms with Crippen LogP contribution in [-0.2, 0) is 20.9 Å². The van der Waals surface area contributed by atoms with E-state index in [2.05, 4.69) is 14.9 Å². The van der Waals surface area contributed by atoms with E-state index in [0.29, 0.717) is 73.8 Å². The van der Waals surface area contributed by atoms with Gasteiger partial charge in [0.1, 0.15) is 26.8 Å². The molecule has 1 aromatic heterocycles. The van der Waals surface area contributed by atoms with Gasteiger partial charge in [-0.15, -0.1) is 0 Å². The Kier molecular flexibility index (Phi) is 10.9. The third-order valence-electron chi connectivity index (χ3n) is 9.10. The van der Waals surface area contributed by atoms with E-state index in [1.54, 1.807) is 11.1 Å². The van der Waals surface area contributed by atoms with Crippen LogP contribution >= 0.6 is 23.2 Å². The van der Waals surface area contributed by atoms with Gasteiger partial charge in [0, 0.05) is 48.7 Å². The molecule has 3 heterocycles. The molecule has 5 rings (SSSR count). The molecule has 2 aliphatic heterocycles. The fourth-order valence-electron chi connectivity index (χ4n) is 6.37. The Morgan fingerprint density at radius 3 is 2.04 bits per heavy atom.